The normalized spacial score (nSPS) is 8.75. The maximum atomic E-state index is 10.8. The van der Waals surface area contributed by atoms with E-state index in [0.29, 0.717) is 5.56 Å². The van der Waals surface area contributed by atoms with E-state index in [1.807, 2.05) is 0 Å². The van der Waals surface area contributed by atoms with E-state index in [9.17, 15) is 4.79 Å². The Kier molecular flexibility index (Phi) is 2.51. The average Bonchev–Trinajstić information content (AvgIpc) is 2.07. The first-order valence-electron chi connectivity index (χ1n) is 3.32. The SMILES string of the molecule is Nc1cc(C#CCO)c[nH]c1=O. The number of anilines is 1. The highest BCUT2D eigenvalue weighted by Gasteiger charge is 1.92. The van der Waals surface area contributed by atoms with Gasteiger partial charge in [0.1, 0.15) is 6.61 Å². The predicted octanol–water partition coefficient (Wildman–Crippen LogP) is -0.699. The molecule has 12 heavy (non-hydrogen) atoms. The zero-order valence-electron chi connectivity index (χ0n) is 6.29. The van der Waals surface area contributed by atoms with Crippen LogP contribution in [0.15, 0.2) is 17.1 Å². The Balaban J connectivity index is 3.05. The monoisotopic (exact) mass is 164 g/mol. The number of H-pyrrole nitrogens is 1. The minimum Gasteiger partial charge on any atom is -0.394 e. The summed E-state index contributed by atoms with van der Waals surface area (Å²) in [5.41, 5.74) is 5.70. The second-order valence-corrected chi connectivity index (χ2v) is 2.13. The largest absolute Gasteiger partial charge is 0.394 e. The lowest BCUT2D eigenvalue weighted by molar-refractivity contribution is 0.350. The summed E-state index contributed by atoms with van der Waals surface area (Å²) >= 11 is 0. The van der Waals surface area contributed by atoms with Crippen molar-refractivity contribution in [3.63, 3.8) is 0 Å². The predicted molar refractivity (Wildman–Crippen MR) is 45.4 cm³/mol. The molecule has 4 heteroatoms. The lowest BCUT2D eigenvalue weighted by atomic mass is 10.3. The van der Waals surface area contributed by atoms with E-state index in [1.165, 1.54) is 12.3 Å². The topological polar surface area (TPSA) is 79.1 Å². The molecule has 4 N–H and O–H groups in total. The number of nitrogens with two attached hydrogens (primary N) is 1. The van der Waals surface area contributed by atoms with Crippen LogP contribution >= 0.6 is 0 Å². The Morgan fingerprint density at radius 3 is 3.00 bits per heavy atom. The molecule has 0 saturated heterocycles. The summed E-state index contributed by atoms with van der Waals surface area (Å²) < 4.78 is 0. The summed E-state index contributed by atoms with van der Waals surface area (Å²) in [5.74, 6) is 5.05. The molecule has 0 amide bonds. The second kappa shape index (κ2) is 3.60. The molecule has 0 radical (unpaired) electrons. The van der Waals surface area contributed by atoms with Crippen molar-refractivity contribution < 1.29 is 5.11 Å². The fourth-order valence-electron chi connectivity index (χ4n) is 0.715. The fourth-order valence-corrected chi connectivity index (χ4v) is 0.715. The van der Waals surface area contributed by atoms with Crippen LogP contribution in [0.1, 0.15) is 5.56 Å². The van der Waals surface area contributed by atoms with Crippen molar-refractivity contribution in [3.05, 3.63) is 28.2 Å². The molecular formula is C8H8N2O2. The summed E-state index contributed by atoms with van der Waals surface area (Å²) in [7, 11) is 0. The molecule has 1 aromatic heterocycles. The van der Waals surface area contributed by atoms with Crippen molar-refractivity contribution in [3.8, 4) is 11.8 Å². The summed E-state index contributed by atoms with van der Waals surface area (Å²) in [6, 6.07) is 1.46. The van der Waals surface area contributed by atoms with Gasteiger partial charge in [0.15, 0.2) is 0 Å². The lowest BCUT2D eigenvalue weighted by Gasteiger charge is -1.91. The molecular weight excluding hydrogens is 156 g/mol. The van der Waals surface area contributed by atoms with Crippen LogP contribution in [0, 0.1) is 11.8 Å². The van der Waals surface area contributed by atoms with Gasteiger partial charge in [0.05, 0.1) is 5.69 Å². The molecule has 0 aliphatic carbocycles. The first kappa shape index (κ1) is 8.37. The van der Waals surface area contributed by atoms with Crippen molar-refractivity contribution >= 4 is 5.69 Å². The van der Waals surface area contributed by atoms with Crippen molar-refractivity contribution in [2.45, 2.75) is 0 Å². The fraction of sp³-hybridized carbons (Fsp3) is 0.125. The zero-order chi connectivity index (χ0) is 8.97. The number of nitrogen functional groups attached to an aromatic ring is 1. The van der Waals surface area contributed by atoms with E-state index in [0.717, 1.165) is 0 Å². The number of aliphatic hydroxyl groups is 1. The quantitative estimate of drug-likeness (QED) is 0.444. The summed E-state index contributed by atoms with van der Waals surface area (Å²) in [6.07, 6.45) is 1.45. The van der Waals surface area contributed by atoms with E-state index in [4.69, 9.17) is 10.8 Å². The van der Waals surface area contributed by atoms with Crippen LogP contribution in [0.25, 0.3) is 0 Å². The zero-order valence-corrected chi connectivity index (χ0v) is 6.29. The van der Waals surface area contributed by atoms with Gasteiger partial charge in [-0.25, -0.2) is 0 Å². The molecule has 0 aliphatic heterocycles. The number of rotatable bonds is 0. The Morgan fingerprint density at radius 2 is 2.42 bits per heavy atom. The molecule has 0 aliphatic rings. The smallest absolute Gasteiger partial charge is 0.271 e. The molecule has 0 bridgehead atoms. The van der Waals surface area contributed by atoms with Crippen LogP contribution in [0.4, 0.5) is 5.69 Å². The number of aromatic nitrogens is 1. The van der Waals surface area contributed by atoms with Crippen LogP contribution in [-0.4, -0.2) is 16.7 Å². The number of aromatic amines is 1. The Morgan fingerprint density at radius 1 is 1.67 bits per heavy atom. The van der Waals surface area contributed by atoms with E-state index in [1.54, 1.807) is 0 Å². The average molecular weight is 164 g/mol. The molecule has 0 aromatic carbocycles. The summed E-state index contributed by atoms with van der Waals surface area (Å²) in [4.78, 5) is 13.2. The van der Waals surface area contributed by atoms with Crippen LogP contribution in [-0.2, 0) is 0 Å². The lowest BCUT2D eigenvalue weighted by Crippen LogP contribution is -2.10. The standard InChI is InChI=1S/C8H8N2O2/c9-7-4-6(2-1-3-11)5-10-8(7)12/h4-5,11H,3,9H2,(H,10,12). The van der Waals surface area contributed by atoms with Crippen molar-refractivity contribution in [2.24, 2.45) is 0 Å². The molecule has 0 unspecified atom stereocenters. The van der Waals surface area contributed by atoms with E-state index >= 15 is 0 Å². The Hall–Kier alpha value is -1.73. The third-order valence-electron chi connectivity index (χ3n) is 1.24. The Labute approximate surface area is 69.0 Å². The molecule has 4 nitrogen and oxygen atoms in total. The minimum atomic E-state index is -0.329. The van der Waals surface area contributed by atoms with Crippen LogP contribution in [0.5, 0.6) is 0 Å². The second-order valence-electron chi connectivity index (χ2n) is 2.13. The van der Waals surface area contributed by atoms with Gasteiger partial charge in [0.2, 0.25) is 0 Å². The summed E-state index contributed by atoms with van der Waals surface area (Å²) in [5, 5.41) is 8.37. The molecule has 0 spiro atoms. The van der Waals surface area contributed by atoms with Crippen molar-refractivity contribution in [1.82, 2.24) is 4.98 Å². The number of aliphatic hydroxyl groups excluding tert-OH is 1. The molecule has 0 fully saturated rings. The molecule has 1 heterocycles. The van der Waals surface area contributed by atoms with Crippen molar-refractivity contribution in [2.75, 3.05) is 12.3 Å². The maximum absolute atomic E-state index is 10.8. The molecule has 0 saturated carbocycles. The first-order valence-corrected chi connectivity index (χ1v) is 3.32. The van der Waals surface area contributed by atoms with Gasteiger partial charge in [-0.2, -0.15) is 0 Å². The Bertz CT molecular complexity index is 384. The van der Waals surface area contributed by atoms with Gasteiger partial charge in [0.25, 0.3) is 5.56 Å². The number of nitrogens with one attached hydrogen (secondary N) is 1. The third kappa shape index (κ3) is 1.87. The number of hydrogen-bond acceptors (Lipinski definition) is 3. The van der Waals surface area contributed by atoms with Gasteiger partial charge in [-0.15, -0.1) is 0 Å². The minimum absolute atomic E-state index is 0.125. The highest BCUT2D eigenvalue weighted by molar-refractivity contribution is 5.43. The van der Waals surface area contributed by atoms with Crippen LogP contribution in [0.2, 0.25) is 0 Å². The molecule has 0 atom stereocenters. The van der Waals surface area contributed by atoms with Gasteiger partial charge in [0, 0.05) is 11.8 Å². The van der Waals surface area contributed by atoms with Crippen LogP contribution in [0.3, 0.4) is 0 Å². The van der Waals surface area contributed by atoms with Gasteiger partial charge in [-0.1, -0.05) is 11.8 Å². The van der Waals surface area contributed by atoms with Gasteiger partial charge in [-0.3, -0.25) is 4.79 Å². The van der Waals surface area contributed by atoms with Crippen molar-refractivity contribution in [1.29, 1.82) is 0 Å². The highest BCUT2D eigenvalue weighted by Crippen LogP contribution is 1.96. The van der Waals surface area contributed by atoms with E-state index in [-0.39, 0.29) is 17.9 Å². The van der Waals surface area contributed by atoms with Gasteiger partial charge >= 0.3 is 0 Å². The van der Waals surface area contributed by atoms with Gasteiger partial charge in [-0.05, 0) is 6.07 Å². The molecule has 1 rings (SSSR count). The summed E-state index contributed by atoms with van der Waals surface area (Å²) in [6.45, 7) is -0.209. The van der Waals surface area contributed by atoms with E-state index in [2.05, 4.69) is 16.8 Å². The molecule has 1 aromatic rings. The van der Waals surface area contributed by atoms with E-state index < -0.39 is 0 Å². The molecule has 62 valence electrons. The van der Waals surface area contributed by atoms with Gasteiger partial charge < -0.3 is 15.8 Å². The number of hydrogen-bond donors (Lipinski definition) is 3. The van der Waals surface area contributed by atoms with Crippen LogP contribution < -0.4 is 11.3 Å². The number of pyridine rings is 1. The third-order valence-corrected chi connectivity index (χ3v) is 1.24. The first-order chi connectivity index (χ1) is 5.74. The highest BCUT2D eigenvalue weighted by atomic mass is 16.2. The maximum Gasteiger partial charge on any atom is 0.271 e.